The van der Waals surface area contributed by atoms with E-state index < -0.39 is 0 Å². The Labute approximate surface area is 120 Å². The summed E-state index contributed by atoms with van der Waals surface area (Å²) in [6.07, 6.45) is 7.34. The number of hydrogen-bond donors (Lipinski definition) is 2. The molecule has 4 nitrogen and oxygen atoms in total. The zero-order valence-electron chi connectivity index (χ0n) is 11.9. The van der Waals surface area contributed by atoms with Crippen molar-refractivity contribution >= 4 is 11.6 Å². The van der Waals surface area contributed by atoms with Gasteiger partial charge in [0.1, 0.15) is 0 Å². The van der Waals surface area contributed by atoms with Crippen LogP contribution in [0.4, 0.5) is 5.69 Å². The second kappa shape index (κ2) is 6.27. The van der Waals surface area contributed by atoms with Crippen molar-refractivity contribution in [2.24, 2.45) is 10.7 Å². The highest BCUT2D eigenvalue weighted by Gasteiger charge is 2.14. The van der Waals surface area contributed by atoms with Crippen LogP contribution >= 0.6 is 0 Å². The van der Waals surface area contributed by atoms with Crippen molar-refractivity contribution in [2.45, 2.75) is 44.6 Å². The summed E-state index contributed by atoms with van der Waals surface area (Å²) in [5, 5.41) is 3.18. The van der Waals surface area contributed by atoms with E-state index in [0.717, 1.165) is 31.7 Å². The molecule has 108 valence electrons. The summed E-state index contributed by atoms with van der Waals surface area (Å²) in [5.41, 5.74) is 9.90. The number of aliphatic imine (C=N–C) groups is 1. The van der Waals surface area contributed by atoms with Gasteiger partial charge in [0.05, 0.1) is 6.10 Å². The molecule has 0 aromatic heterocycles. The van der Waals surface area contributed by atoms with Crippen molar-refractivity contribution in [1.82, 2.24) is 0 Å². The van der Waals surface area contributed by atoms with Crippen LogP contribution in [0.25, 0.3) is 0 Å². The van der Waals surface area contributed by atoms with Gasteiger partial charge in [-0.05, 0) is 61.8 Å². The van der Waals surface area contributed by atoms with Crippen LogP contribution in [0, 0.1) is 0 Å². The predicted molar refractivity (Wildman–Crippen MR) is 82.2 cm³/mol. The number of fused-ring (bicyclic) bond motifs is 1. The van der Waals surface area contributed by atoms with Crippen molar-refractivity contribution in [3.63, 3.8) is 0 Å². The Morgan fingerprint density at radius 3 is 3.05 bits per heavy atom. The third-order valence-corrected chi connectivity index (χ3v) is 4.13. The molecule has 1 saturated heterocycles. The molecule has 1 atom stereocenters. The Balaban J connectivity index is 1.51. The van der Waals surface area contributed by atoms with Gasteiger partial charge in [-0.3, -0.25) is 4.99 Å². The summed E-state index contributed by atoms with van der Waals surface area (Å²) >= 11 is 0. The Morgan fingerprint density at radius 1 is 1.30 bits per heavy atom. The molecule has 3 N–H and O–H groups in total. The maximum Gasteiger partial charge on any atom is 0.193 e. The van der Waals surface area contributed by atoms with Gasteiger partial charge in [0.25, 0.3) is 0 Å². The van der Waals surface area contributed by atoms with Crippen LogP contribution in [0.1, 0.15) is 36.8 Å². The highest BCUT2D eigenvalue weighted by atomic mass is 16.5. The van der Waals surface area contributed by atoms with Crippen LogP contribution in [0.5, 0.6) is 0 Å². The molecule has 0 unspecified atom stereocenters. The van der Waals surface area contributed by atoms with Gasteiger partial charge in [0.15, 0.2) is 5.96 Å². The van der Waals surface area contributed by atoms with Gasteiger partial charge in [0.2, 0.25) is 0 Å². The number of anilines is 1. The maximum atomic E-state index is 5.93. The fraction of sp³-hybridized carbons (Fsp3) is 0.562. The molecule has 20 heavy (non-hydrogen) atoms. The van der Waals surface area contributed by atoms with E-state index in [-0.39, 0.29) is 0 Å². The molecule has 1 aromatic carbocycles. The average molecular weight is 273 g/mol. The lowest BCUT2D eigenvalue weighted by Crippen LogP contribution is -2.23. The van der Waals surface area contributed by atoms with E-state index in [1.54, 1.807) is 0 Å². The van der Waals surface area contributed by atoms with Crippen molar-refractivity contribution in [2.75, 3.05) is 18.5 Å². The fourth-order valence-corrected chi connectivity index (χ4v) is 3.04. The summed E-state index contributed by atoms with van der Waals surface area (Å²) in [6.45, 7) is 1.63. The molecule has 3 rings (SSSR count). The number of benzene rings is 1. The number of guanidine groups is 1. The van der Waals surface area contributed by atoms with E-state index in [4.69, 9.17) is 10.5 Å². The van der Waals surface area contributed by atoms with E-state index in [9.17, 15) is 0 Å². The van der Waals surface area contributed by atoms with Crippen molar-refractivity contribution in [3.05, 3.63) is 29.3 Å². The Kier molecular flexibility index (Phi) is 4.21. The Hall–Kier alpha value is -1.55. The molecule has 4 heteroatoms. The highest BCUT2D eigenvalue weighted by Crippen LogP contribution is 2.24. The zero-order chi connectivity index (χ0) is 13.8. The summed E-state index contributed by atoms with van der Waals surface area (Å²) < 4.78 is 5.57. The molecule has 1 aliphatic heterocycles. The first kappa shape index (κ1) is 13.4. The molecule has 1 aliphatic carbocycles. The van der Waals surface area contributed by atoms with E-state index >= 15 is 0 Å². The van der Waals surface area contributed by atoms with E-state index in [1.165, 1.54) is 36.8 Å². The van der Waals surface area contributed by atoms with Crippen LogP contribution in [-0.2, 0) is 17.6 Å². The highest BCUT2D eigenvalue weighted by molar-refractivity contribution is 5.92. The predicted octanol–water partition coefficient (Wildman–Crippen LogP) is 2.47. The van der Waals surface area contributed by atoms with Gasteiger partial charge in [-0.2, -0.15) is 0 Å². The van der Waals surface area contributed by atoms with E-state index in [0.29, 0.717) is 12.1 Å². The van der Waals surface area contributed by atoms with Crippen LogP contribution in [0.15, 0.2) is 23.2 Å². The normalized spacial score (nSPS) is 22.0. The number of ether oxygens (including phenoxy) is 1. The molecule has 0 saturated carbocycles. The van der Waals surface area contributed by atoms with E-state index in [1.807, 2.05) is 0 Å². The third kappa shape index (κ3) is 3.31. The lowest BCUT2D eigenvalue weighted by atomic mass is 10.1. The maximum absolute atomic E-state index is 5.93. The van der Waals surface area contributed by atoms with Crippen LogP contribution in [-0.4, -0.2) is 25.2 Å². The second-order valence-electron chi connectivity index (χ2n) is 5.65. The number of aryl methyl sites for hydroxylation is 2. The first-order valence-electron chi connectivity index (χ1n) is 7.61. The molecule has 0 amide bonds. The number of hydrogen-bond acceptors (Lipinski definition) is 2. The number of rotatable bonds is 4. The van der Waals surface area contributed by atoms with Crippen molar-refractivity contribution < 1.29 is 4.74 Å². The Bertz CT molecular complexity index is 492. The SMILES string of the molecule is NC(=NCC[C@@H]1CCCO1)Nc1ccc2c(c1)CCC2. The summed E-state index contributed by atoms with van der Waals surface area (Å²) in [6, 6.07) is 6.49. The van der Waals surface area contributed by atoms with Gasteiger partial charge in [-0.25, -0.2) is 0 Å². The van der Waals surface area contributed by atoms with Gasteiger partial charge < -0.3 is 15.8 Å². The molecule has 1 aromatic rings. The quantitative estimate of drug-likeness (QED) is 0.654. The lowest BCUT2D eigenvalue weighted by Gasteiger charge is -2.09. The molecule has 0 radical (unpaired) electrons. The van der Waals surface area contributed by atoms with Gasteiger partial charge in [-0.1, -0.05) is 6.07 Å². The van der Waals surface area contributed by atoms with E-state index in [2.05, 4.69) is 28.5 Å². The standard InChI is InChI=1S/C16H23N3O/c17-16(18-9-8-15-5-2-10-20-15)19-14-7-6-12-3-1-4-13(12)11-14/h6-7,11,15H,1-5,8-10H2,(H3,17,18,19)/t15-/m0/s1. The molecular weight excluding hydrogens is 250 g/mol. The van der Waals surface area contributed by atoms with Gasteiger partial charge >= 0.3 is 0 Å². The minimum absolute atomic E-state index is 0.381. The van der Waals surface area contributed by atoms with Gasteiger partial charge in [0, 0.05) is 18.8 Å². The molecule has 2 aliphatic rings. The van der Waals surface area contributed by atoms with Crippen LogP contribution < -0.4 is 11.1 Å². The first-order valence-corrected chi connectivity index (χ1v) is 7.61. The monoisotopic (exact) mass is 273 g/mol. The largest absolute Gasteiger partial charge is 0.378 e. The number of nitrogens with two attached hydrogens (primary N) is 1. The second-order valence-corrected chi connectivity index (χ2v) is 5.65. The minimum Gasteiger partial charge on any atom is -0.378 e. The fourth-order valence-electron chi connectivity index (χ4n) is 3.04. The van der Waals surface area contributed by atoms with Crippen LogP contribution in [0.3, 0.4) is 0 Å². The molecule has 0 spiro atoms. The summed E-state index contributed by atoms with van der Waals surface area (Å²) in [4.78, 5) is 4.38. The lowest BCUT2D eigenvalue weighted by molar-refractivity contribution is 0.106. The summed E-state index contributed by atoms with van der Waals surface area (Å²) in [7, 11) is 0. The zero-order valence-corrected chi connectivity index (χ0v) is 11.9. The smallest absolute Gasteiger partial charge is 0.193 e. The first-order chi connectivity index (χ1) is 9.81. The van der Waals surface area contributed by atoms with Crippen molar-refractivity contribution in [1.29, 1.82) is 0 Å². The topological polar surface area (TPSA) is 59.6 Å². The Morgan fingerprint density at radius 2 is 2.20 bits per heavy atom. The average Bonchev–Trinajstić information content (AvgIpc) is 3.08. The van der Waals surface area contributed by atoms with Crippen molar-refractivity contribution in [3.8, 4) is 0 Å². The summed E-state index contributed by atoms with van der Waals surface area (Å²) in [5.74, 6) is 0.501. The van der Waals surface area contributed by atoms with Gasteiger partial charge in [-0.15, -0.1) is 0 Å². The molecule has 1 heterocycles. The number of nitrogens with one attached hydrogen (secondary N) is 1. The molecule has 1 fully saturated rings. The molecular formula is C16H23N3O. The minimum atomic E-state index is 0.381. The number of nitrogens with zero attached hydrogens (tertiary/aromatic N) is 1. The molecule has 0 bridgehead atoms. The van der Waals surface area contributed by atoms with Crippen LogP contribution in [0.2, 0.25) is 0 Å². The third-order valence-electron chi connectivity index (χ3n) is 4.13.